The third kappa shape index (κ3) is 6.63. The van der Waals surface area contributed by atoms with Crippen molar-refractivity contribution < 1.29 is 14.3 Å². The number of amides is 1. The molecule has 2 rings (SSSR count). The number of nitrogens with one attached hydrogen (secondary N) is 1. The van der Waals surface area contributed by atoms with Crippen LogP contribution in [0, 0.1) is 11.7 Å². The maximum atomic E-state index is 14.4. The summed E-state index contributed by atoms with van der Waals surface area (Å²) in [5.41, 5.74) is 16.0. The standard InChI is InChI=1S/C21H26ClFN6O2/c1-12(2)19(13-3-5-14(22)6-4-13)20(28-29-25)21(31)27-18-10-26-9-17(23)16(18)8-7-15(24)11-30/h3-6,9-10,12,15,19-20,30H,7-8,11,24H2,1-2H3,(H,27,31). The van der Waals surface area contributed by atoms with Crippen LogP contribution in [0.3, 0.4) is 0 Å². The third-order valence-corrected chi connectivity index (χ3v) is 5.27. The second-order valence-corrected chi connectivity index (χ2v) is 8.03. The summed E-state index contributed by atoms with van der Waals surface area (Å²) in [6.45, 7) is 3.60. The number of aliphatic hydroxyl groups is 1. The molecule has 31 heavy (non-hydrogen) atoms. The number of anilines is 1. The number of carbonyl (C=O) groups is 1. The lowest BCUT2D eigenvalue weighted by atomic mass is 9.82. The van der Waals surface area contributed by atoms with E-state index in [-0.39, 0.29) is 30.2 Å². The molecule has 3 unspecified atom stereocenters. The molecule has 10 heteroatoms. The fourth-order valence-electron chi connectivity index (χ4n) is 3.41. The van der Waals surface area contributed by atoms with Gasteiger partial charge in [0.1, 0.15) is 11.9 Å². The molecule has 0 aliphatic rings. The number of hydrogen-bond acceptors (Lipinski definition) is 5. The number of pyridine rings is 1. The largest absolute Gasteiger partial charge is 0.395 e. The highest BCUT2D eigenvalue weighted by molar-refractivity contribution is 6.30. The molecule has 0 radical (unpaired) electrons. The van der Waals surface area contributed by atoms with Gasteiger partial charge in [-0.1, -0.05) is 42.7 Å². The first-order valence-electron chi connectivity index (χ1n) is 9.87. The minimum Gasteiger partial charge on any atom is -0.395 e. The van der Waals surface area contributed by atoms with Crippen LogP contribution in [0.2, 0.25) is 5.02 Å². The monoisotopic (exact) mass is 448 g/mol. The Balaban J connectivity index is 2.35. The quantitative estimate of drug-likeness (QED) is 0.285. The number of nitrogens with zero attached hydrogens (tertiary/aromatic N) is 4. The molecule has 0 saturated carbocycles. The first-order valence-corrected chi connectivity index (χ1v) is 10.3. The van der Waals surface area contributed by atoms with E-state index in [0.29, 0.717) is 11.4 Å². The smallest absolute Gasteiger partial charge is 0.234 e. The van der Waals surface area contributed by atoms with Crippen LogP contribution in [0.25, 0.3) is 10.4 Å². The molecule has 0 aliphatic carbocycles. The van der Waals surface area contributed by atoms with E-state index in [1.54, 1.807) is 24.3 Å². The van der Waals surface area contributed by atoms with Crippen molar-refractivity contribution in [2.75, 3.05) is 11.9 Å². The SMILES string of the molecule is CC(C)C(c1ccc(Cl)cc1)C(N=[N+]=[N-])C(=O)Nc1cncc(F)c1CCC(N)CO. The van der Waals surface area contributed by atoms with E-state index in [4.69, 9.17) is 28.0 Å². The number of nitrogens with two attached hydrogens (primary N) is 1. The number of benzene rings is 1. The van der Waals surface area contributed by atoms with Crippen molar-refractivity contribution in [3.63, 3.8) is 0 Å². The Kier molecular flexibility index (Phi) is 9.21. The topological polar surface area (TPSA) is 137 Å². The molecule has 0 fully saturated rings. The molecular formula is C21H26ClFN6O2. The highest BCUT2D eigenvalue weighted by atomic mass is 35.5. The van der Waals surface area contributed by atoms with Gasteiger partial charge in [-0.3, -0.25) is 9.78 Å². The van der Waals surface area contributed by atoms with E-state index >= 15 is 0 Å². The number of azide groups is 1. The predicted octanol–water partition coefficient (Wildman–Crippen LogP) is 4.18. The summed E-state index contributed by atoms with van der Waals surface area (Å²) in [5.74, 6) is -1.65. The number of rotatable bonds is 10. The lowest BCUT2D eigenvalue weighted by Crippen LogP contribution is -2.34. The van der Waals surface area contributed by atoms with Gasteiger partial charge in [-0.15, -0.1) is 0 Å². The fraction of sp³-hybridized carbons (Fsp3) is 0.429. The average molecular weight is 449 g/mol. The Labute approximate surface area is 185 Å². The Morgan fingerprint density at radius 3 is 2.61 bits per heavy atom. The molecule has 3 atom stereocenters. The molecule has 1 amide bonds. The summed E-state index contributed by atoms with van der Waals surface area (Å²) in [6, 6.07) is 5.38. The number of aliphatic hydroxyl groups excluding tert-OH is 1. The zero-order valence-corrected chi connectivity index (χ0v) is 18.1. The molecule has 2 aromatic rings. The van der Waals surface area contributed by atoms with Crippen LogP contribution >= 0.6 is 11.6 Å². The number of halogens is 2. The molecule has 0 aliphatic heterocycles. The molecule has 4 N–H and O–H groups in total. The van der Waals surface area contributed by atoms with Gasteiger partial charge in [0.2, 0.25) is 5.91 Å². The van der Waals surface area contributed by atoms with Crippen molar-refractivity contribution >= 4 is 23.2 Å². The Hall–Kier alpha value is -2.71. The Morgan fingerprint density at radius 2 is 2.03 bits per heavy atom. The van der Waals surface area contributed by atoms with Crippen molar-refractivity contribution in [2.24, 2.45) is 16.8 Å². The van der Waals surface area contributed by atoms with Crippen LogP contribution in [0.4, 0.5) is 10.1 Å². The third-order valence-electron chi connectivity index (χ3n) is 5.02. The minimum atomic E-state index is -1.08. The molecule has 166 valence electrons. The molecule has 8 nitrogen and oxygen atoms in total. The first kappa shape index (κ1) is 24.6. The van der Waals surface area contributed by atoms with Crippen molar-refractivity contribution in [3.8, 4) is 0 Å². The van der Waals surface area contributed by atoms with Crippen molar-refractivity contribution in [3.05, 3.63) is 69.1 Å². The van der Waals surface area contributed by atoms with E-state index < -0.39 is 29.7 Å². The van der Waals surface area contributed by atoms with Crippen LogP contribution in [-0.4, -0.2) is 34.7 Å². The van der Waals surface area contributed by atoms with Gasteiger partial charge in [0.15, 0.2) is 0 Å². The normalized spacial score (nSPS) is 13.9. The zero-order chi connectivity index (χ0) is 23.0. The van der Waals surface area contributed by atoms with Crippen LogP contribution in [0.5, 0.6) is 0 Å². The van der Waals surface area contributed by atoms with Gasteiger partial charge in [-0.25, -0.2) is 4.39 Å². The lowest BCUT2D eigenvalue weighted by Gasteiger charge is -2.27. The highest BCUT2D eigenvalue weighted by Gasteiger charge is 2.32. The first-order chi connectivity index (χ1) is 14.8. The zero-order valence-electron chi connectivity index (χ0n) is 17.4. The molecule has 1 aromatic carbocycles. The van der Waals surface area contributed by atoms with Crippen molar-refractivity contribution in [1.82, 2.24) is 4.98 Å². The van der Waals surface area contributed by atoms with Crippen LogP contribution in [-0.2, 0) is 11.2 Å². The maximum Gasteiger partial charge on any atom is 0.234 e. The van der Waals surface area contributed by atoms with Gasteiger partial charge >= 0.3 is 0 Å². The number of hydrogen-bond donors (Lipinski definition) is 3. The molecular weight excluding hydrogens is 423 g/mol. The maximum absolute atomic E-state index is 14.4. The van der Waals surface area contributed by atoms with E-state index in [0.717, 1.165) is 11.8 Å². The van der Waals surface area contributed by atoms with Gasteiger partial charge in [-0.2, -0.15) is 0 Å². The fourth-order valence-corrected chi connectivity index (χ4v) is 3.54. The van der Waals surface area contributed by atoms with Gasteiger partial charge in [-0.05, 0) is 42.0 Å². The van der Waals surface area contributed by atoms with E-state index in [2.05, 4.69) is 20.3 Å². The van der Waals surface area contributed by atoms with E-state index in [1.165, 1.54) is 6.20 Å². The van der Waals surface area contributed by atoms with Gasteiger partial charge in [0.05, 0.1) is 24.7 Å². The van der Waals surface area contributed by atoms with Gasteiger partial charge in [0.25, 0.3) is 0 Å². The number of aromatic nitrogens is 1. The summed E-state index contributed by atoms with van der Waals surface area (Å²) < 4.78 is 14.4. The summed E-state index contributed by atoms with van der Waals surface area (Å²) in [6.07, 6.45) is 2.90. The van der Waals surface area contributed by atoms with Gasteiger partial charge < -0.3 is 16.2 Å². The number of carbonyl (C=O) groups excluding carboxylic acids is 1. The molecule has 1 aromatic heterocycles. The van der Waals surface area contributed by atoms with E-state index in [1.807, 2.05) is 13.8 Å². The van der Waals surface area contributed by atoms with Gasteiger partial charge in [0, 0.05) is 27.5 Å². The average Bonchev–Trinajstić information content (AvgIpc) is 2.73. The Morgan fingerprint density at radius 1 is 1.35 bits per heavy atom. The molecule has 0 spiro atoms. The lowest BCUT2D eigenvalue weighted by molar-refractivity contribution is -0.118. The minimum absolute atomic E-state index is 0.0462. The summed E-state index contributed by atoms with van der Waals surface area (Å²) in [4.78, 5) is 19.8. The molecule has 0 saturated heterocycles. The molecule has 0 bridgehead atoms. The highest BCUT2D eigenvalue weighted by Crippen LogP contribution is 2.32. The molecule has 1 heterocycles. The van der Waals surface area contributed by atoms with Crippen molar-refractivity contribution in [1.29, 1.82) is 0 Å². The summed E-state index contributed by atoms with van der Waals surface area (Å²) in [5, 5.41) is 16.1. The summed E-state index contributed by atoms with van der Waals surface area (Å²) in [7, 11) is 0. The van der Waals surface area contributed by atoms with Crippen LogP contribution in [0.1, 0.15) is 37.3 Å². The predicted molar refractivity (Wildman–Crippen MR) is 118 cm³/mol. The second kappa shape index (κ2) is 11.6. The van der Waals surface area contributed by atoms with Crippen LogP contribution < -0.4 is 11.1 Å². The van der Waals surface area contributed by atoms with Crippen molar-refractivity contribution in [2.45, 2.75) is 44.7 Å². The summed E-state index contributed by atoms with van der Waals surface area (Å²) >= 11 is 5.97. The Bertz CT molecular complexity index is 934. The second-order valence-electron chi connectivity index (χ2n) is 7.59. The van der Waals surface area contributed by atoms with Crippen LogP contribution in [0.15, 0.2) is 41.8 Å². The van der Waals surface area contributed by atoms with E-state index in [9.17, 15) is 9.18 Å².